The molecule has 214 valence electrons. The zero-order chi connectivity index (χ0) is 22.9. The van der Waals surface area contributed by atoms with Gasteiger partial charge in [0.05, 0.1) is 12.2 Å². The van der Waals surface area contributed by atoms with Gasteiger partial charge in [0.15, 0.2) is 5.78 Å². The van der Waals surface area contributed by atoms with Crippen LogP contribution in [0.4, 0.5) is 4.39 Å². The number of carbonyl (C=O) groups is 3. The van der Waals surface area contributed by atoms with Crippen LogP contribution in [0.3, 0.4) is 0 Å². The van der Waals surface area contributed by atoms with E-state index in [1.165, 1.54) is 15.9 Å². The third-order valence-corrected chi connectivity index (χ3v) is 6.80. The van der Waals surface area contributed by atoms with Gasteiger partial charge in [-0.05, 0) is 47.4 Å². The van der Waals surface area contributed by atoms with Crippen molar-refractivity contribution in [2.45, 2.75) is 63.9 Å². The zero-order valence-corrected chi connectivity index (χ0v) is 24.0. The minimum Gasteiger partial charge on any atom is -0.365 e. The van der Waals surface area contributed by atoms with Crippen molar-refractivity contribution >= 4 is 71.6 Å². The molecule has 0 spiro atoms. The molecule has 3 aliphatic rings. The minimum absolute atomic E-state index is 0. The number of fused-ring (bicyclic) bond motifs is 1. The van der Waals surface area contributed by atoms with Crippen LogP contribution < -0.4 is 5.32 Å². The second-order valence-electron chi connectivity index (χ2n) is 8.85. The van der Waals surface area contributed by atoms with Crippen molar-refractivity contribution in [3.8, 4) is 5.69 Å². The number of halogens is 1. The van der Waals surface area contributed by atoms with Crippen LogP contribution in [-0.4, -0.2) is 80.2 Å². The number of likely N-dealkylation sites (tertiary alicyclic amines) is 1. The second kappa shape index (κ2) is 15.7. The van der Waals surface area contributed by atoms with Gasteiger partial charge in [-0.1, -0.05) is 32.8 Å². The van der Waals surface area contributed by atoms with Gasteiger partial charge < -0.3 is 15.0 Å². The second-order valence-corrected chi connectivity index (χ2v) is 8.85. The summed E-state index contributed by atoms with van der Waals surface area (Å²) >= 11 is 0. The number of rotatable bonds is 5. The molecule has 38 heavy (non-hydrogen) atoms. The fourth-order valence-electron chi connectivity index (χ4n) is 5.15. The van der Waals surface area contributed by atoms with Crippen molar-refractivity contribution in [1.29, 1.82) is 0 Å². The molecule has 2 aliphatic heterocycles. The average molecular weight is 609 g/mol. The highest BCUT2D eigenvalue weighted by molar-refractivity contribution is 7.59. The number of ether oxygens (including phenoxy) is 1. The molecule has 3 heterocycles. The smallest absolute Gasteiger partial charge is 0.252 e. The molecule has 2 amide bonds. The van der Waals surface area contributed by atoms with Crippen molar-refractivity contribution in [1.82, 2.24) is 30.4 Å². The van der Waals surface area contributed by atoms with Gasteiger partial charge in [-0.3, -0.25) is 14.4 Å². The number of benzene rings is 1. The fourth-order valence-corrected chi connectivity index (χ4v) is 5.15. The lowest BCUT2D eigenvalue weighted by molar-refractivity contribution is -0.139. The Kier molecular flexibility index (Phi) is 15.0. The Bertz CT molecular complexity index is 1060. The minimum atomic E-state index is -1.42. The Morgan fingerprint density at radius 1 is 1.11 bits per heavy atom. The van der Waals surface area contributed by atoms with Crippen molar-refractivity contribution in [3.05, 3.63) is 36.2 Å². The zero-order valence-electron chi connectivity index (χ0n) is 20.0. The lowest BCUT2D eigenvalue weighted by Gasteiger charge is -2.34. The lowest BCUT2D eigenvalue weighted by Crippen LogP contribution is -2.55. The molecule has 0 radical (unpaired) electrons. The highest BCUT2D eigenvalue weighted by atomic mass is 32.1. The first-order valence-corrected chi connectivity index (χ1v) is 11.3. The molecule has 2 saturated heterocycles. The summed E-state index contributed by atoms with van der Waals surface area (Å²) in [7, 11) is 0. The van der Waals surface area contributed by atoms with Crippen LogP contribution in [0, 0.1) is 5.92 Å². The molecule has 2 aromatic rings. The van der Waals surface area contributed by atoms with Crippen LogP contribution in [-0.2, 0) is 14.3 Å². The van der Waals surface area contributed by atoms with Crippen molar-refractivity contribution in [2.75, 3.05) is 13.2 Å². The average Bonchev–Trinajstić information content (AvgIpc) is 3.58. The summed E-state index contributed by atoms with van der Waals surface area (Å²) in [6.45, 7) is -0.391. The van der Waals surface area contributed by atoms with Gasteiger partial charge in [-0.25, -0.2) is 9.07 Å². The highest BCUT2D eigenvalue weighted by Gasteiger charge is 2.54. The Morgan fingerprint density at radius 3 is 2.47 bits per heavy atom. The number of hydrogen-bond donors (Lipinski definition) is 1. The quantitative estimate of drug-likeness (QED) is 0.551. The highest BCUT2D eigenvalue weighted by Crippen LogP contribution is 2.33. The molecule has 15 heteroatoms. The summed E-state index contributed by atoms with van der Waals surface area (Å²) in [6.07, 6.45) is 3.64. The number of alkyl halides is 1. The topological polar surface area (TPSA) is 119 Å². The number of nitrogens with one attached hydrogen (secondary N) is 1. The molecule has 1 saturated carbocycles. The fraction of sp³-hybridized carbons (Fsp3) is 0.565. The van der Waals surface area contributed by atoms with Gasteiger partial charge in [0.1, 0.15) is 37.3 Å². The first kappa shape index (κ1) is 36.2. The third-order valence-electron chi connectivity index (χ3n) is 6.80. The Hall–Kier alpha value is -1.81. The summed E-state index contributed by atoms with van der Waals surface area (Å²) in [6, 6.07) is 4.98. The molecule has 1 aromatic heterocycles. The maximum absolute atomic E-state index is 14.5. The van der Waals surface area contributed by atoms with E-state index < -0.39 is 36.2 Å². The number of carbonyl (C=O) groups excluding carboxylic acids is 3. The van der Waals surface area contributed by atoms with Gasteiger partial charge in [-0.2, -0.15) is 54.0 Å². The van der Waals surface area contributed by atoms with E-state index in [1.54, 1.807) is 24.3 Å². The van der Waals surface area contributed by atoms with Gasteiger partial charge >= 0.3 is 0 Å². The maximum Gasteiger partial charge on any atom is 0.252 e. The molecular weight excluding hydrogens is 572 g/mol. The van der Waals surface area contributed by atoms with E-state index in [9.17, 15) is 18.8 Å². The third kappa shape index (κ3) is 7.23. The van der Waals surface area contributed by atoms with Crippen LogP contribution in [0.15, 0.2) is 30.6 Å². The number of tetrazole rings is 1. The van der Waals surface area contributed by atoms with Crippen molar-refractivity contribution in [3.63, 3.8) is 0 Å². The van der Waals surface area contributed by atoms with E-state index in [0.29, 0.717) is 11.3 Å². The molecule has 0 unspecified atom stereocenters. The number of ketones is 1. The van der Waals surface area contributed by atoms with Crippen molar-refractivity contribution < 1.29 is 23.5 Å². The van der Waals surface area contributed by atoms with E-state index in [0.717, 1.165) is 32.1 Å². The summed E-state index contributed by atoms with van der Waals surface area (Å²) < 4.78 is 21.2. The van der Waals surface area contributed by atoms with E-state index in [1.807, 2.05) is 0 Å². The van der Waals surface area contributed by atoms with Crippen LogP contribution in [0.1, 0.15) is 49.9 Å². The largest absolute Gasteiger partial charge is 0.365 e. The molecule has 10 nitrogen and oxygen atoms in total. The van der Waals surface area contributed by atoms with E-state index in [-0.39, 0.29) is 86.3 Å². The van der Waals surface area contributed by atoms with Crippen LogP contribution >= 0.6 is 54.0 Å². The maximum atomic E-state index is 14.5. The Morgan fingerprint density at radius 2 is 1.82 bits per heavy atom. The summed E-state index contributed by atoms with van der Waals surface area (Å²) in [4.78, 5) is 40.4. The summed E-state index contributed by atoms with van der Waals surface area (Å²) in [5.74, 6) is -1.21. The van der Waals surface area contributed by atoms with Gasteiger partial charge in [0.2, 0.25) is 5.91 Å². The molecular formula is C23H37FN6O4S4. The van der Waals surface area contributed by atoms with Gasteiger partial charge in [0, 0.05) is 5.56 Å². The number of aromatic nitrogens is 4. The van der Waals surface area contributed by atoms with E-state index in [2.05, 4.69) is 20.8 Å². The Balaban J connectivity index is 0.00000274. The van der Waals surface area contributed by atoms with E-state index >= 15 is 0 Å². The summed E-state index contributed by atoms with van der Waals surface area (Å²) in [5.41, 5.74) is 0.948. The standard InChI is InChI=1S/C22H25FN6O4.CH4.4H2S/c23-16-10-28(19-17(30)11-33-20(16)19)22(32)18(13-5-2-1-3-6-13)25-21(31)14-7-4-8-15(9-14)29-12-24-26-27-29;;;;;/h4,7-9,12-13,16,18-20H,1-3,5-6,10-11H2,(H,25,31);1H4;4*1H2/t16-,18-,19+,20+;;;;;/m0...../s1. The summed E-state index contributed by atoms with van der Waals surface area (Å²) in [5, 5.41) is 13.9. The first-order chi connectivity index (χ1) is 16.0. The molecule has 1 aliphatic carbocycles. The van der Waals surface area contributed by atoms with Gasteiger partial charge in [-0.15, -0.1) is 5.10 Å². The normalized spacial score (nSPS) is 22.8. The Labute approximate surface area is 249 Å². The molecule has 1 aromatic carbocycles. The van der Waals surface area contributed by atoms with Crippen LogP contribution in [0.2, 0.25) is 0 Å². The monoisotopic (exact) mass is 608 g/mol. The predicted octanol–water partition coefficient (Wildman–Crippen LogP) is 1.95. The predicted molar refractivity (Wildman–Crippen MR) is 160 cm³/mol. The number of Topliss-reactive ketones (excluding diaryl/α,β-unsaturated/α-hetero) is 1. The molecule has 5 rings (SSSR count). The van der Waals surface area contributed by atoms with E-state index in [4.69, 9.17) is 4.74 Å². The van der Waals surface area contributed by atoms with Crippen LogP contribution in [0.5, 0.6) is 0 Å². The number of nitrogens with zero attached hydrogens (tertiary/aromatic N) is 5. The van der Waals surface area contributed by atoms with Crippen molar-refractivity contribution in [2.24, 2.45) is 5.92 Å². The molecule has 4 atom stereocenters. The van der Waals surface area contributed by atoms with Gasteiger partial charge in [0.25, 0.3) is 5.91 Å². The SMILES string of the molecule is C.O=C(N[C@H](C(=O)N1C[C@H](F)[C@H]2OCC(=O)[C@H]21)C1CCCCC1)c1cccc(-n2cnnn2)c1.S.S.S.S. The lowest BCUT2D eigenvalue weighted by atomic mass is 9.83. The first-order valence-electron chi connectivity index (χ1n) is 11.3. The molecule has 3 fully saturated rings. The number of hydrogen-bond acceptors (Lipinski definition) is 7. The number of amides is 2. The molecule has 0 bridgehead atoms. The molecule has 1 N–H and O–H groups in total. The van der Waals surface area contributed by atoms with Crippen LogP contribution in [0.25, 0.3) is 5.69 Å².